The second-order valence-corrected chi connectivity index (χ2v) is 5.65. The Hall–Kier alpha value is -3.46. The zero-order valence-corrected chi connectivity index (χ0v) is 17.6. The van der Waals surface area contributed by atoms with Crippen LogP contribution in [0.25, 0.3) is 0 Å². The van der Waals surface area contributed by atoms with Gasteiger partial charge in [-0.05, 0) is 26.0 Å². The Balaban J connectivity index is -0.000000297. The summed E-state index contributed by atoms with van der Waals surface area (Å²) in [7, 11) is 1.56. The second-order valence-electron chi connectivity index (χ2n) is 5.65. The van der Waals surface area contributed by atoms with Gasteiger partial charge in [-0.15, -0.1) is 13.2 Å². The van der Waals surface area contributed by atoms with Crippen molar-refractivity contribution in [3.8, 4) is 0 Å². The maximum atomic E-state index is 11.9. The number of carbonyl (C=O) groups excluding carboxylic acids is 1. The number of ether oxygens (including phenoxy) is 2. The van der Waals surface area contributed by atoms with Crippen LogP contribution in [0.1, 0.15) is 23.7 Å². The van der Waals surface area contributed by atoms with Crippen molar-refractivity contribution in [3.63, 3.8) is 0 Å². The fourth-order valence-electron chi connectivity index (χ4n) is 2.00. The highest BCUT2D eigenvalue weighted by atomic mass is 19.1. The van der Waals surface area contributed by atoms with Gasteiger partial charge in [-0.2, -0.15) is 0 Å². The number of nitrogen functional groups attached to an aromatic ring is 1. The van der Waals surface area contributed by atoms with Gasteiger partial charge in [0.2, 0.25) is 5.90 Å². The van der Waals surface area contributed by atoms with E-state index in [4.69, 9.17) is 20.6 Å². The third kappa shape index (κ3) is 10.8. The first-order valence-electron chi connectivity index (χ1n) is 9.12. The third-order valence-corrected chi connectivity index (χ3v) is 3.21. The van der Waals surface area contributed by atoms with E-state index in [1.165, 1.54) is 24.4 Å². The van der Waals surface area contributed by atoms with Crippen LogP contribution < -0.4 is 16.4 Å². The van der Waals surface area contributed by atoms with Crippen LogP contribution in [0.4, 0.5) is 20.7 Å². The molecule has 0 radical (unpaired) electrons. The first-order chi connectivity index (χ1) is 14.4. The van der Waals surface area contributed by atoms with Crippen LogP contribution in [0.3, 0.4) is 0 Å². The Morgan fingerprint density at radius 2 is 2.00 bits per heavy atom. The van der Waals surface area contributed by atoms with Gasteiger partial charge in [-0.25, -0.2) is 14.2 Å². The molecule has 0 aliphatic rings. The Morgan fingerprint density at radius 3 is 2.47 bits per heavy atom. The molecule has 0 fully saturated rings. The van der Waals surface area contributed by atoms with Crippen LogP contribution in [-0.4, -0.2) is 43.3 Å². The first-order valence-corrected chi connectivity index (χ1v) is 9.12. The minimum atomic E-state index is -0.364. The number of pyridine rings is 1. The number of methoxy groups -OCH3 is 1. The molecule has 9 heteroatoms. The van der Waals surface area contributed by atoms with E-state index in [0.717, 1.165) is 0 Å². The molecule has 0 aliphatic carbocycles. The van der Waals surface area contributed by atoms with Crippen LogP contribution in [0.15, 0.2) is 55.8 Å². The molecule has 1 aromatic carbocycles. The van der Waals surface area contributed by atoms with Crippen molar-refractivity contribution in [1.29, 1.82) is 5.41 Å². The summed E-state index contributed by atoms with van der Waals surface area (Å²) < 4.78 is 22.2. The summed E-state index contributed by atoms with van der Waals surface area (Å²) in [6.45, 7) is 10.5. The smallest absolute Gasteiger partial charge is 0.320 e. The first kappa shape index (κ1) is 26.5. The van der Waals surface area contributed by atoms with Gasteiger partial charge in [0.15, 0.2) is 0 Å². The summed E-state index contributed by atoms with van der Waals surface area (Å²) in [4.78, 5) is 15.4. The van der Waals surface area contributed by atoms with Crippen LogP contribution >= 0.6 is 0 Å². The van der Waals surface area contributed by atoms with E-state index in [9.17, 15) is 9.18 Å². The average Bonchev–Trinajstić information content (AvgIpc) is 2.71. The minimum Gasteiger partial charge on any atom is -0.472 e. The molecule has 1 atom stereocenters. The molecule has 0 bridgehead atoms. The Bertz CT molecular complexity index is 789. The van der Waals surface area contributed by atoms with Crippen LogP contribution in [0, 0.1) is 11.2 Å². The molecule has 0 spiro atoms. The number of halogens is 1. The number of urea groups is 1. The average molecular weight is 426 g/mol. The van der Waals surface area contributed by atoms with Crippen molar-refractivity contribution < 1.29 is 22.9 Å². The largest absolute Gasteiger partial charge is 0.472 e. The molecule has 1 aromatic heterocycles. The number of aromatic nitrogens is 1. The van der Waals surface area contributed by atoms with Gasteiger partial charge in [-0.1, -0.05) is 18.2 Å². The summed E-state index contributed by atoms with van der Waals surface area (Å²) in [6.07, 6.45) is 1.12. The monoisotopic (exact) mass is 425 g/mol. The molecule has 30 heavy (non-hydrogen) atoms. The normalized spacial score (nSPS) is 10.3. The highest BCUT2D eigenvalue weighted by Crippen LogP contribution is 2.16. The third-order valence-electron chi connectivity index (χ3n) is 3.21. The van der Waals surface area contributed by atoms with E-state index in [2.05, 4.69) is 28.8 Å². The molecule has 8 nitrogen and oxygen atoms in total. The van der Waals surface area contributed by atoms with Crippen molar-refractivity contribution >= 4 is 23.4 Å². The van der Waals surface area contributed by atoms with Crippen molar-refractivity contribution in [1.82, 2.24) is 10.3 Å². The van der Waals surface area contributed by atoms with E-state index >= 15 is 0 Å². The Kier molecular flexibility index (Phi) is 13.7. The summed E-state index contributed by atoms with van der Waals surface area (Å²) in [6, 6.07) is 9.05. The summed E-state index contributed by atoms with van der Waals surface area (Å²) >= 11 is 0. The lowest BCUT2D eigenvalue weighted by molar-refractivity contribution is 0.0846. The fraction of sp³-hybridized carbons (Fsp3) is 0.286. The number of hydrogen-bond donors (Lipinski definition) is 4. The molecular weight excluding hydrogens is 389 g/mol. The molecule has 1 heterocycles. The zero-order chi connectivity index (χ0) is 22.9. The van der Waals surface area contributed by atoms with Gasteiger partial charge in [0.1, 0.15) is 17.7 Å². The standard InChI is InChI=1S/C13H21N5O3.C6H5F.C2H4.3H2/c1-4-16-13(19)18-11-5-10(14)9(6-17-11)12(15)21-8(2)7-20-3;7-6-4-2-1-3-5-6;1-2;;;/h5-6,8,15H,4,7H2,1-3H3,(H4,14,16,17,18,19);1-5H;1-2H2;3*1H. The van der Waals surface area contributed by atoms with Crippen LogP contribution in [-0.2, 0) is 9.47 Å². The zero-order valence-electron chi connectivity index (χ0n) is 17.6. The summed E-state index contributed by atoms with van der Waals surface area (Å²) in [5.74, 6) is 0.0385. The molecule has 2 amide bonds. The van der Waals surface area contributed by atoms with Gasteiger partial charge in [-0.3, -0.25) is 10.7 Å². The van der Waals surface area contributed by atoms with Crippen molar-refractivity contribution in [3.05, 3.63) is 67.1 Å². The molecule has 1 unspecified atom stereocenters. The number of nitrogens with two attached hydrogens (primary N) is 1. The molecule has 5 N–H and O–H groups in total. The van der Waals surface area contributed by atoms with Gasteiger partial charge in [0.25, 0.3) is 0 Å². The number of carbonyl (C=O) groups is 1. The molecule has 0 saturated heterocycles. The van der Waals surface area contributed by atoms with Gasteiger partial charge in [0.05, 0.1) is 12.2 Å². The Morgan fingerprint density at radius 1 is 1.37 bits per heavy atom. The number of hydrogen-bond acceptors (Lipinski definition) is 6. The maximum Gasteiger partial charge on any atom is 0.320 e. The fourth-order valence-corrected chi connectivity index (χ4v) is 2.00. The number of nitrogens with one attached hydrogen (secondary N) is 3. The topological polar surface area (TPSA) is 122 Å². The molecule has 170 valence electrons. The lowest BCUT2D eigenvalue weighted by Crippen LogP contribution is -2.28. The van der Waals surface area contributed by atoms with E-state index in [-0.39, 0.29) is 28.1 Å². The highest BCUT2D eigenvalue weighted by molar-refractivity contribution is 5.98. The van der Waals surface area contributed by atoms with Crippen LogP contribution in [0.5, 0.6) is 0 Å². The number of anilines is 2. The number of benzene rings is 1. The van der Waals surface area contributed by atoms with Crippen molar-refractivity contribution in [2.24, 2.45) is 0 Å². The van der Waals surface area contributed by atoms with Gasteiger partial charge < -0.3 is 20.5 Å². The highest BCUT2D eigenvalue weighted by Gasteiger charge is 2.13. The van der Waals surface area contributed by atoms with Crippen molar-refractivity contribution in [2.75, 3.05) is 31.3 Å². The molecule has 0 aliphatic heterocycles. The number of amides is 2. The quantitative estimate of drug-likeness (QED) is 0.307. The minimum absolute atomic E-state index is 0. The number of rotatable bonds is 6. The van der Waals surface area contributed by atoms with Gasteiger partial charge >= 0.3 is 6.03 Å². The summed E-state index contributed by atoms with van der Waals surface area (Å²) in [5.41, 5.74) is 6.52. The number of nitrogens with zero attached hydrogens (tertiary/aromatic N) is 1. The lowest BCUT2D eigenvalue weighted by Gasteiger charge is -2.15. The van der Waals surface area contributed by atoms with Crippen LogP contribution in [0.2, 0.25) is 0 Å². The molecule has 2 rings (SSSR count). The van der Waals surface area contributed by atoms with E-state index in [1.54, 1.807) is 32.2 Å². The molecule has 2 aromatic rings. The maximum absolute atomic E-state index is 11.9. The lowest BCUT2D eigenvalue weighted by atomic mass is 10.2. The predicted octanol–water partition coefficient (Wildman–Crippen LogP) is 4.55. The SMILES string of the molecule is C=C.CCNC(=O)Nc1cc(N)c(C(=N)OC(C)COC)cn1.Fc1ccccc1.[HH].[HH].[HH]. The predicted molar refractivity (Wildman–Crippen MR) is 125 cm³/mol. The van der Waals surface area contributed by atoms with E-state index < -0.39 is 0 Å². The molecule has 0 saturated carbocycles. The van der Waals surface area contributed by atoms with Gasteiger partial charge in [0, 0.05) is 35.9 Å². The van der Waals surface area contributed by atoms with E-state index in [1.807, 2.05) is 6.92 Å². The van der Waals surface area contributed by atoms with E-state index in [0.29, 0.717) is 30.2 Å². The second kappa shape index (κ2) is 15.5. The summed E-state index contributed by atoms with van der Waals surface area (Å²) in [5, 5.41) is 13.0. The molecular formula is C21H36FN5O3. The van der Waals surface area contributed by atoms with Crippen molar-refractivity contribution in [2.45, 2.75) is 20.0 Å². The Labute approximate surface area is 181 Å².